The fourth-order valence-electron chi connectivity index (χ4n) is 1.81. The molecule has 1 unspecified atom stereocenters. The fourth-order valence-corrected chi connectivity index (χ4v) is 3.26. The summed E-state index contributed by atoms with van der Waals surface area (Å²) < 4.78 is 0. The molecular weight excluding hydrogens is 338 g/mol. The van der Waals surface area contributed by atoms with Crippen LogP contribution in [-0.2, 0) is 6.54 Å². The molecule has 1 amide bonds. The molecule has 0 aliphatic rings. The lowest BCUT2D eigenvalue weighted by molar-refractivity contribution is 0.0946. The molecule has 0 radical (unpaired) electrons. The van der Waals surface area contributed by atoms with Crippen LogP contribution in [0, 0.1) is 0 Å². The zero-order valence-corrected chi connectivity index (χ0v) is 14.6. The molecule has 4 nitrogen and oxygen atoms in total. The molecule has 1 atom stereocenters. The van der Waals surface area contributed by atoms with E-state index in [1.807, 2.05) is 18.4 Å². The molecule has 0 saturated carbocycles. The molecule has 0 bridgehead atoms. The lowest BCUT2D eigenvalue weighted by atomic mass is 10.2. The summed E-state index contributed by atoms with van der Waals surface area (Å²) in [6.45, 7) is 0.446. The summed E-state index contributed by atoms with van der Waals surface area (Å²) in [6.07, 6.45) is 2.91. The summed E-state index contributed by atoms with van der Waals surface area (Å²) in [5.74, 6) is 0.799. The van der Waals surface area contributed by atoms with Crippen LogP contribution in [0.1, 0.15) is 33.5 Å². The number of halogens is 1. The summed E-state index contributed by atoms with van der Waals surface area (Å²) in [6, 6.07) is 7.26. The number of thiazole rings is 1. The highest BCUT2D eigenvalue weighted by Gasteiger charge is 2.14. The van der Waals surface area contributed by atoms with Gasteiger partial charge in [0.1, 0.15) is 10.7 Å². The first-order valence-electron chi connectivity index (χ1n) is 6.82. The van der Waals surface area contributed by atoms with Crippen LogP contribution in [0.25, 0.3) is 0 Å². The Kier molecular flexibility index (Phi) is 6.70. The van der Waals surface area contributed by atoms with E-state index in [-0.39, 0.29) is 11.9 Å². The van der Waals surface area contributed by atoms with Crippen molar-refractivity contribution in [1.82, 2.24) is 10.3 Å². The lowest BCUT2D eigenvalue weighted by Crippen LogP contribution is -2.23. The third-order valence-corrected chi connectivity index (χ3v) is 4.94. The average Bonchev–Trinajstić information content (AvgIpc) is 3.02. The van der Waals surface area contributed by atoms with Crippen molar-refractivity contribution < 1.29 is 4.79 Å². The summed E-state index contributed by atoms with van der Waals surface area (Å²) in [7, 11) is 0. The van der Waals surface area contributed by atoms with Crippen molar-refractivity contribution in [1.29, 1.82) is 0 Å². The van der Waals surface area contributed by atoms with Gasteiger partial charge >= 0.3 is 0 Å². The van der Waals surface area contributed by atoms with Crippen molar-refractivity contribution in [2.24, 2.45) is 5.73 Å². The molecular formula is C15H18ClN3OS2. The van der Waals surface area contributed by atoms with Crippen molar-refractivity contribution in [3.63, 3.8) is 0 Å². The van der Waals surface area contributed by atoms with E-state index in [4.69, 9.17) is 17.3 Å². The van der Waals surface area contributed by atoms with E-state index in [1.165, 1.54) is 11.3 Å². The molecule has 22 heavy (non-hydrogen) atoms. The number of aromatic nitrogens is 1. The molecule has 1 aromatic carbocycles. The Labute approximate surface area is 143 Å². The van der Waals surface area contributed by atoms with Crippen LogP contribution in [0.2, 0.25) is 5.02 Å². The van der Waals surface area contributed by atoms with Crippen molar-refractivity contribution in [3.8, 4) is 0 Å². The minimum absolute atomic E-state index is 0.102. The number of nitrogens with two attached hydrogens (primary N) is 1. The summed E-state index contributed by atoms with van der Waals surface area (Å²) in [5.41, 5.74) is 7.48. The normalized spacial score (nSPS) is 12.1. The summed E-state index contributed by atoms with van der Waals surface area (Å²) >= 11 is 9.02. The van der Waals surface area contributed by atoms with Gasteiger partial charge in [-0.1, -0.05) is 23.7 Å². The Bertz CT molecular complexity index is 616. The Balaban J connectivity index is 1.90. The van der Waals surface area contributed by atoms with Gasteiger partial charge in [-0.2, -0.15) is 11.8 Å². The molecule has 7 heteroatoms. The molecule has 1 aromatic heterocycles. The lowest BCUT2D eigenvalue weighted by Gasteiger charge is -2.06. The highest BCUT2D eigenvalue weighted by Crippen LogP contribution is 2.20. The van der Waals surface area contributed by atoms with E-state index in [0.29, 0.717) is 17.3 Å². The molecule has 0 spiro atoms. The minimum atomic E-state index is -0.186. The first-order chi connectivity index (χ1) is 10.6. The second kappa shape index (κ2) is 8.53. The Morgan fingerprint density at radius 2 is 2.18 bits per heavy atom. The first-order valence-corrected chi connectivity index (χ1v) is 9.48. The highest BCUT2D eigenvalue weighted by atomic mass is 35.5. The van der Waals surface area contributed by atoms with Gasteiger partial charge in [-0.25, -0.2) is 4.98 Å². The summed E-state index contributed by atoms with van der Waals surface area (Å²) in [4.78, 5) is 16.4. The monoisotopic (exact) mass is 355 g/mol. The van der Waals surface area contributed by atoms with Gasteiger partial charge in [-0.15, -0.1) is 11.3 Å². The molecule has 3 N–H and O–H groups in total. The number of hydrogen-bond donors (Lipinski definition) is 2. The Morgan fingerprint density at radius 3 is 2.86 bits per heavy atom. The van der Waals surface area contributed by atoms with Crippen LogP contribution in [0.15, 0.2) is 29.6 Å². The molecule has 2 rings (SSSR count). The van der Waals surface area contributed by atoms with Gasteiger partial charge in [0.2, 0.25) is 0 Å². The van der Waals surface area contributed by atoms with Crippen LogP contribution in [0.5, 0.6) is 0 Å². The molecule has 0 aliphatic heterocycles. The highest BCUT2D eigenvalue weighted by molar-refractivity contribution is 7.98. The fraction of sp³-hybridized carbons (Fsp3) is 0.333. The van der Waals surface area contributed by atoms with Gasteiger partial charge in [0.25, 0.3) is 5.91 Å². The van der Waals surface area contributed by atoms with Gasteiger partial charge in [0, 0.05) is 16.9 Å². The van der Waals surface area contributed by atoms with Crippen LogP contribution >= 0.6 is 34.7 Å². The SMILES string of the molecule is CSCCC(N)c1nc(C(=O)NCc2ccc(Cl)cc2)cs1. The first kappa shape index (κ1) is 17.3. The number of thioether (sulfide) groups is 1. The third-order valence-electron chi connectivity index (χ3n) is 3.07. The second-order valence-electron chi connectivity index (χ2n) is 4.77. The van der Waals surface area contributed by atoms with E-state index in [9.17, 15) is 4.79 Å². The number of carbonyl (C=O) groups excluding carboxylic acids is 1. The minimum Gasteiger partial charge on any atom is -0.347 e. The van der Waals surface area contributed by atoms with Crippen LogP contribution in [0.4, 0.5) is 0 Å². The van der Waals surface area contributed by atoms with Crippen LogP contribution in [-0.4, -0.2) is 22.9 Å². The van der Waals surface area contributed by atoms with Crippen molar-refractivity contribution in [3.05, 3.63) is 50.9 Å². The van der Waals surface area contributed by atoms with Gasteiger partial charge < -0.3 is 11.1 Å². The molecule has 0 fully saturated rings. The van der Waals surface area contributed by atoms with Crippen LogP contribution < -0.4 is 11.1 Å². The van der Waals surface area contributed by atoms with Gasteiger partial charge in [0.05, 0.1) is 6.04 Å². The van der Waals surface area contributed by atoms with Crippen molar-refractivity contribution >= 4 is 40.6 Å². The Morgan fingerprint density at radius 1 is 1.45 bits per heavy atom. The molecule has 1 heterocycles. The van der Waals surface area contributed by atoms with Crippen molar-refractivity contribution in [2.75, 3.05) is 12.0 Å². The van der Waals surface area contributed by atoms with Crippen LogP contribution in [0.3, 0.4) is 0 Å². The maximum Gasteiger partial charge on any atom is 0.271 e. The largest absolute Gasteiger partial charge is 0.347 e. The molecule has 0 saturated heterocycles. The number of rotatable bonds is 7. The quantitative estimate of drug-likeness (QED) is 0.797. The summed E-state index contributed by atoms with van der Waals surface area (Å²) in [5, 5.41) is 6.09. The number of benzene rings is 1. The number of hydrogen-bond acceptors (Lipinski definition) is 5. The molecule has 118 valence electrons. The third kappa shape index (κ3) is 4.98. The van der Waals surface area contributed by atoms with Gasteiger partial charge in [-0.3, -0.25) is 4.79 Å². The Hall–Kier alpha value is -1.08. The second-order valence-corrected chi connectivity index (χ2v) is 7.08. The predicted octanol–water partition coefficient (Wildman–Crippen LogP) is 3.48. The number of carbonyl (C=O) groups is 1. The van der Waals surface area contributed by atoms with Crippen molar-refractivity contribution in [2.45, 2.75) is 19.0 Å². The average molecular weight is 356 g/mol. The van der Waals surface area contributed by atoms with Gasteiger partial charge in [-0.05, 0) is 36.1 Å². The van der Waals surface area contributed by atoms with E-state index >= 15 is 0 Å². The number of nitrogens with one attached hydrogen (secondary N) is 1. The topological polar surface area (TPSA) is 68.0 Å². The predicted molar refractivity (Wildman–Crippen MR) is 94.7 cm³/mol. The number of nitrogens with zero attached hydrogens (tertiary/aromatic N) is 1. The molecule has 0 aliphatic carbocycles. The molecule has 2 aromatic rings. The zero-order valence-electron chi connectivity index (χ0n) is 12.2. The maximum atomic E-state index is 12.1. The number of amides is 1. The van der Waals surface area contributed by atoms with Gasteiger partial charge in [0.15, 0.2) is 0 Å². The smallest absolute Gasteiger partial charge is 0.271 e. The van der Waals surface area contributed by atoms with E-state index in [0.717, 1.165) is 22.7 Å². The zero-order chi connectivity index (χ0) is 15.9. The van der Waals surface area contributed by atoms with E-state index in [2.05, 4.69) is 10.3 Å². The standard InChI is InChI=1S/C15H18ClN3OS2/c1-21-7-6-12(17)15-19-13(9-22-15)14(20)18-8-10-2-4-11(16)5-3-10/h2-5,9,12H,6-8,17H2,1H3,(H,18,20). The van der Waals surface area contributed by atoms with E-state index < -0.39 is 0 Å². The maximum absolute atomic E-state index is 12.1. The van der Waals surface area contributed by atoms with E-state index in [1.54, 1.807) is 29.3 Å².